The van der Waals surface area contributed by atoms with Crippen molar-refractivity contribution < 1.29 is 28.6 Å². The van der Waals surface area contributed by atoms with Crippen molar-refractivity contribution in [2.24, 2.45) is 0 Å². The molecule has 0 radical (unpaired) electrons. The number of hydrogen-bond donors (Lipinski definition) is 4. The molecule has 0 spiro atoms. The summed E-state index contributed by atoms with van der Waals surface area (Å²) in [6.45, 7) is 6.68. The first-order valence-corrected chi connectivity index (χ1v) is 7.97. The topological polar surface area (TPSA) is 131 Å². The molecule has 1 unspecified atom stereocenters. The van der Waals surface area contributed by atoms with Crippen LogP contribution in [0, 0.1) is 5.82 Å². The minimum atomic E-state index is -1.28. The van der Waals surface area contributed by atoms with Crippen LogP contribution < -0.4 is 16.4 Å². The van der Waals surface area contributed by atoms with Gasteiger partial charge in [-0.2, -0.15) is 0 Å². The molecule has 0 saturated carbocycles. The van der Waals surface area contributed by atoms with Crippen molar-refractivity contribution in [2.45, 2.75) is 51.8 Å². The number of aliphatic carboxylic acids is 1. The normalized spacial score (nSPS) is 13.4. The maximum absolute atomic E-state index is 13.1. The molecule has 2 atom stereocenters. The molecule has 144 valence electrons. The predicted molar refractivity (Wildman–Crippen MR) is 93.2 cm³/mol. The zero-order valence-corrected chi connectivity index (χ0v) is 15.1. The van der Waals surface area contributed by atoms with Gasteiger partial charge in [-0.05, 0) is 52.3 Å². The van der Waals surface area contributed by atoms with Gasteiger partial charge in [-0.25, -0.2) is 14.0 Å². The second-order valence-electron chi connectivity index (χ2n) is 6.88. The van der Waals surface area contributed by atoms with Crippen molar-refractivity contribution in [1.82, 2.24) is 10.6 Å². The van der Waals surface area contributed by atoms with Crippen LogP contribution in [0.1, 0.15) is 44.5 Å². The fourth-order valence-electron chi connectivity index (χ4n) is 2.12. The number of carboxylic acids is 1. The summed E-state index contributed by atoms with van der Waals surface area (Å²) >= 11 is 0. The molecule has 0 aromatic heterocycles. The molecule has 0 aliphatic rings. The molecule has 9 heteroatoms. The molecule has 0 bridgehead atoms. The molecule has 1 rings (SSSR count). The molecule has 5 N–H and O–H groups in total. The fraction of sp³-hybridized carbons (Fsp3) is 0.471. The van der Waals surface area contributed by atoms with E-state index in [1.807, 2.05) is 0 Å². The molecule has 8 nitrogen and oxygen atoms in total. The summed E-state index contributed by atoms with van der Waals surface area (Å²) in [5.74, 6) is -2.64. The summed E-state index contributed by atoms with van der Waals surface area (Å²) in [6, 6.07) is 1.32. The van der Waals surface area contributed by atoms with E-state index in [0.717, 1.165) is 12.1 Å². The standard InChI is InChI=1S/C17H24FN3O5/c1-9(20-16(25)26-17(2,3)4)7-13(15(23)24)21-14(22)11-6-5-10(18)8-12(11)19/h5-6,8-9,13H,7,19H2,1-4H3,(H,20,25)(H,21,22)(H,23,24)/t9?,13-/m0/s1. The summed E-state index contributed by atoms with van der Waals surface area (Å²) in [5, 5.41) is 14.1. The molecule has 0 aliphatic heterocycles. The van der Waals surface area contributed by atoms with Crippen molar-refractivity contribution >= 4 is 23.7 Å². The Hall–Kier alpha value is -2.84. The van der Waals surface area contributed by atoms with E-state index in [0.29, 0.717) is 0 Å². The number of hydrogen-bond acceptors (Lipinski definition) is 5. The highest BCUT2D eigenvalue weighted by Gasteiger charge is 2.26. The van der Waals surface area contributed by atoms with Crippen LogP contribution in [-0.4, -0.2) is 40.8 Å². The number of nitrogens with one attached hydrogen (secondary N) is 2. The third-order valence-corrected chi connectivity index (χ3v) is 3.21. The second-order valence-corrected chi connectivity index (χ2v) is 6.88. The predicted octanol–water partition coefficient (Wildman–Crippen LogP) is 1.89. The minimum absolute atomic E-state index is 0.0367. The van der Waals surface area contributed by atoms with E-state index < -0.39 is 41.5 Å². The average Bonchev–Trinajstić information content (AvgIpc) is 2.43. The molecular formula is C17H24FN3O5. The lowest BCUT2D eigenvalue weighted by Crippen LogP contribution is -2.46. The number of anilines is 1. The summed E-state index contributed by atoms with van der Waals surface area (Å²) < 4.78 is 18.1. The van der Waals surface area contributed by atoms with Crippen LogP contribution in [0.2, 0.25) is 0 Å². The number of carboxylic acid groups (broad SMARTS) is 1. The van der Waals surface area contributed by atoms with Crippen LogP contribution in [0.3, 0.4) is 0 Å². The van der Waals surface area contributed by atoms with E-state index >= 15 is 0 Å². The van der Waals surface area contributed by atoms with Crippen LogP contribution >= 0.6 is 0 Å². The van der Waals surface area contributed by atoms with Gasteiger partial charge in [0.1, 0.15) is 17.5 Å². The lowest BCUT2D eigenvalue weighted by atomic mass is 10.1. The molecule has 0 saturated heterocycles. The number of amides is 2. The third kappa shape index (κ3) is 6.96. The molecule has 0 aliphatic carbocycles. The van der Waals surface area contributed by atoms with Crippen molar-refractivity contribution in [1.29, 1.82) is 0 Å². The molecule has 26 heavy (non-hydrogen) atoms. The molecule has 1 aromatic rings. The summed E-state index contributed by atoms with van der Waals surface area (Å²) in [7, 11) is 0. The van der Waals surface area contributed by atoms with Crippen molar-refractivity contribution in [3.63, 3.8) is 0 Å². The minimum Gasteiger partial charge on any atom is -0.480 e. The zero-order chi connectivity index (χ0) is 20.1. The van der Waals surface area contributed by atoms with Crippen molar-refractivity contribution in [3.8, 4) is 0 Å². The Balaban J connectivity index is 2.72. The molecular weight excluding hydrogens is 345 g/mol. The van der Waals surface area contributed by atoms with Gasteiger partial charge in [0, 0.05) is 11.7 Å². The van der Waals surface area contributed by atoms with Crippen molar-refractivity contribution in [3.05, 3.63) is 29.6 Å². The number of carbonyl (C=O) groups excluding carboxylic acids is 2. The Kier molecular flexibility index (Phi) is 6.93. The van der Waals surface area contributed by atoms with Crippen LogP contribution in [0.15, 0.2) is 18.2 Å². The fourth-order valence-corrected chi connectivity index (χ4v) is 2.12. The highest BCUT2D eigenvalue weighted by atomic mass is 19.1. The summed E-state index contributed by atoms with van der Waals surface area (Å²) in [4.78, 5) is 35.3. The van der Waals surface area contributed by atoms with Gasteiger partial charge >= 0.3 is 12.1 Å². The van der Waals surface area contributed by atoms with Crippen LogP contribution in [0.5, 0.6) is 0 Å². The number of halogens is 1. The van der Waals surface area contributed by atoms with E-state index in [9.17, 15) is 23.9 Å². The Bertz CT molecular complexity index is 687. The zero-order valence-electron chi connectivity index (χ0n) is 15.1. The molecule has 0 fully saturated rings. The first-order chi connectivity index (χ1) is 11.9. The van der Waals surface area contributed by atoms with Gasteiger partial charge < -0.3 is 26.2 Å². The Morgan fingerprint density at radius 3 is 2.38 bits per heavy atom. The summed E-state index contributed by atoms with van der Waals surface area (Å²) in [6.07, 6.45) is -0.773. The number of rotatable bonds is 6. The number of benzene rings is 1. The van der Waals surface area contributed by atoms with Crippen LogP contribution in [0.4, 0.5) is 14.9 Å². The summed E-state index contributed by atoms with van der Waals surface area (Å²) in [5.41, 5.74) is 4.75. The first-order valence-electron chi connectivity index (χ1n) is 7.97. The largest absolute Gasteiger partial charge is 0.480 e. The van der Waals surface area contributed by atoms with E-state index in [2.05, 4.69) is 10.6 Å². The second kappa shape index (κ2) is 8.50. The third-order valence-electron chi connectivity index (χ3n) is 3.21. The first kappa shape index (κ1) is 21.2. The van der Waals surface area contributed by atoms with Crippen LogP contribution in [-0.2, 0) is 9.53 Å². The van der Waals surface area contributed by atoms with Gasteiger partial charge in [0.25, 0.3) is 5.91 Å². The number of nitrogens with two attached hydrogens (primary N) is 1. The van der Waals surface area contributed by atoms with Crippen molar-refractivity contribution in [2.75, 3.05) is 5.73 Å². The monoisotopic (exact) mass is 369 g/mol. The number of nitrogen functional groups attached to an aromatic ring is 1. The molecule has 0 heterocycles. The molecule has 1 aromatic carbocycles. The van der Waals surface area contributed by atoms with E-state index in [4.69, 9.17) is 10.5 Å². The Morgan fingerprint density at radius 1 is 1.27 bits per heavy atom. The Morgan fingerprint density at radius 2 is 1.88 bits per heavy atom. The quantitative estimate of drug-likeness (QED) is 0.567. The van der Waals surface area contributed by atoms with E-state index in [-0.39, 0.29) is 17.7 Å². The maximum atomic E-state index is 13.1. The van der Waals surface area contributed by atoms with Gasteiger partial charge in [0.05, 0.1) is 5.56 Å². The number of ether oxygens (including phenoxy) is 1. The highest BCUT2D eigenvalue weighted by Crippen LogP contribution is 2.14. The van der Waals surface area contributed by atoms with Gasteiger partial charge in [0.15, 0.2) is 0 Å². The Labute approximate surface area is 150 Å². The lowest BCUT2D eigenvalue weighted by Gasteiger charge is -2.23. The van der Waals surface area contributed by atoms with Gasteiger partial charge in [-0.3, -0.25) is 4.79 Å². The van der Waals surface area contributed by atoms with Gasteiger partial charge in [-0.1, -0.05) is 0 Å². The maximum Gasteiger partial charge on any atom is 0.407 e. The smallest absolute Gasteiger partial charge is 0.407 e. The van der Waals surface area contributed by atoms with Gasteiger partial charge in [-0.15, -0.1) is 0 Å². The van der Waals surface area contributed by atoms with E-state index in [1.165, 1.54) is 6.07 Å². The molecule has 2 amide bonds. The average molecular weight is 369 g/mol. The van der Waals surface area contributed by atoms with E-state index in [1.54, 1.807) is 27.7 Å². The lowest BCUT2D eigenvalue weighted by molar-refractivity contribution is -0.139. The number of carbonyl (C=O) groups is 3. The van der Waals surface area contributed by atoms with Gasteiger partial charge in [0.2, 0.25) is 0 Å². The highest BCUT2D eigenvalue weighted by molar-refractivity contribution is 6.00. The number of alkyl carbamates (subject to hydrolysis) is 1. The van der Waals surface area contributed by atoms with Crippen LogP contribution in [0.25, 0.3) is 0 Å². The SMILES string of the molecule is CC(C[C@H](NC(=O)c1ccc(F)cc1N)C(=O)O)NC(=O)OC(C)(C)C.